The number of hydrogen-bond donors (Lipinski definition) is 1. The van der Waals surface area contributed by atoms with E-state index in [1.165, 1.54) is 5.56 Å². The maximum atomic E-state index is 12.8. The minimum Gasteiger partial charge on any atom is -0.493 e. The third kappa shape index (κ3) is 7.11. The zero-order valence-electron chi connectivity index (χ0n) is 17.1. The van der Waals surface area contributed by atoms with Gasteiger partial charge in [-0.15, -0.1) is 24.8 Å². The molecule has 0 saturated carbocycles. The fraction of sp³-hybridized carbons (Fsp3) is 0.667. The lowest BCUT2D eigenvalue weighted by Gasteiger charge is -2.36. The first kappa shape index (κ1) is 25.0. The van der Waals surface area contributed by atoms with Crippen LogP contribution >= 0.6 is 24.8 Å². The third-order valence-electron chi connectivity index (χ3n) is 5.76. The highest BCUT2D eigenvalue weighted by Crippen LogP contribution is 2.21. The van der Waals surface area contributed by atoms with E-state index in [-0.39, 0.29) is 30.7 Å². The minimum absolute atomic E-state index is 0. The van der Waals surface area contributed by atoms with Crippen LogP contribution in [0.2, 0.25) is 0 Å². The number of piperidine rings is 2. The monoisotopic (exact) mass is 431 g/mol. The number of ether oxygens (including phenoxy) is 1. The number of hydrogen-bond acceptors (Lipinski definition) is 4. The average Bonchev–Trinajstić information content (AvgIpc) is 2.68. The van der Waals surface area contributed by atoms with Crippen LogP contribution in [0.15, 0.2) is 24.3 Å². The molecule has 0 spiro atoms. The van der Waals surface area contributed by atoms with Gasteiger partial charge in [-0.3, -0.25) is 9.69 Å². The first-order chi connectivity index (χ1) is 12.6. The van der Waals surface area contributed by atoms with Crippen molar-refractivity contribution in [2.24, 2.45) is 5.92 Å². The highest BCUT2D eigenvalue weighted by atomic mass is 35.5. The fourth-order valence-corrected chi connectivity index (χ4v) is 4.04. The molecule has 1 aromatic rings. The maximum Gasteiger partial charge on any atom is 0.236 e. The smallest absolute Gasteiger partial charge is 0.236 e. The second-order valence-electron chi connectivity index (χ2n) is 7.82. The van der Waals surface area contributed by atoms with Gasteiger partial charge in [0, 0.05) is 25.0 Å². The van der Waals surface area contributed by atoms with E-state index in [0.717, 1.165) is 57.6 Å². The molecule has 3 rings (SSSR count). The molecule has 160 valence electrons. The predicted octanol–water partition coefficient (Wildman–Crippen LogP) is 3.14. The Hall–Kier alpha value is -1.01. The van der Waals surface area contributed by atoms with Crippen LogP contribution in [0.1, 0.15) is 31.2 Å². The molecule has 1 atom stereocenters. The summed E-state index contributed by atoms with van der Waals surface area (Å²) in [4.78, 5) is 17.0. The van der Waals surface area contributed by atoms with Crippen LogP contribution in [-0.2, 0) is 4.79 Å². The lowest BCUT2D eigenvalue weighted by Crippen LogP contribution is -2.49. The topological polar surface area (TPSA) is 44.8 Å². The molecule has 2 heterocycles. The SMILES string of the molecule is Cc1ccccc1OCC1CCCN(C(=O)CN(C)C2CCNCC2)C1.Cl.Cl. The van der Waals surface area contributed by atoms with Crippen LogP contribution in [0, 0.1) is 12.8 Å². The summed E-state index contributed by atoms with van der Waals surface area (Å²) < 4.78 is 6.03. The highest BCUT2D eigenvalue weighted by molar-refractivity contribution is 5.85. The maximum absolute atomic E-state index is 12.8. The summed E-state index contributed by atoms with van der Waals surface area (Å²) >= 11 is 0. The van der Waals surface area contributed by atoms with Gasteiger partial charge in [-0.2, -0.15) is 0 Å². The predicted molar refractivity (Wildman–Crippen MR) is 119 cm³/mol. The van der Waals surface area contributed by atoms with E-state index < -0.39 is 0 Å². The van der Waals surface area contributed by atoms with Crippen LogP contribution in [0.4, 0.5) is 0 Å². The van der Waals surface area contributed by atoms with Crippen LogP contribution in [0.5, 0.6) is 5.75 Å². The Morgan fingerprint density at radius 2 is 1.93 bits per heavy atom. The standard InChI is InChI=1S/C21H33N3O2.2ClH/c1-17-6-3-4-8-20(17)26-16-18-7-5-13-24(14-18)21(25)15-23(2)19-9-11-22-12-10-19;;/h3-4,6,8,18-19,22H,5,7,9-16H2,1-2H3;2*1H. The van der Waals surface area contributed by atoms with Gasteiger partial charge in [-0.25, -0.2) is 0 Å². The van der Waals surface area contributed by atoms with E-state index in [0.29, 0.717) is 25.1 Å². The summed E-state index contributed by atoms with van der Waals surface area (Å²) in [7, 11) is 2.09. The number of nitrogens with zero attached hydrogens (tertiary/aromatic N) is 2. The van der Waals surface area contributed by atoms with E-state index >= 15 is 0 Å². The Balaban J connectivity index is 0.00000196. The molecule has 2 fully saturated rings. The molecule has 2 aliphatic rings. The molecule has 7 heteroatoms. The van der Waals surface area contributed by atoms with Crippen LogP contribution in [0.25, 0.3) is 0 Å². The van der Waals surface area contributed by atoms with Crippen LogP contribution < -0.4 is 10.1 Å². The summed E-state index contributed by atoms with van der Waals surface area (Å²) in [5.41, 5.74) is 1.17. The Morgan fingerprint density at radius 1 is 1.21 bits per heavy atom. The van der Waals surface area contributed by atoms with Crippen molar-refractivity contribution in [3.8, 4) is 5.75 Å². The zero-order chi connectivity index (χ0) is 18.4. The van der Waals surface area contributed by atoms with Crippen molar-refractivity contribution in [3.63, 3.8) is 0 Å². The highest BCUT2D eigenvalue weighted by Gasteiger charge is 2.26. The number of amides is 1. The first-order valence-corrected chi connectivity index (χ1v) is 10.0. The summed E-state index contributed by atoms with van der Waals surface area (Å²) in [5.74, 6) is 1.66. The molecular formula is C21H35Cl2N3O2. The Bertz CT molecular complexity index is 597. The van der Waals surface area contributed by atoms with E-state index in [2.05, 4.69) is 30.3 Å². The molecule has 1 aromatic carbocycles. The van der Waals surface area contributed by atoms with Gasteiger partial charge in [0.1, 0.15) is 5.75 Å². The first-order valence-electron chi connectivity index (χ1n) is 10.0. The van der Waals surface area contributed by atoms with Crippen LogP contribution in [-0.4, -0.2) is 68.1 Å². The van der Waals surface area contributed by atoms with Gasteiger partial charge in [-0.1, -0.05) is 18.2 Å². The zero-order valence-corrected chi connectivity index (χ0v) is 18.7. The van der Waals surface area contributed by atoms with Crippen molar-refractivity contribution >= 4 is 30.7 Å². The summed E-state index contributed by atoms with van der Waals surface area (Å²) in [6.07, 6.45) is 4.48. The number of carbonyl (C=O) groups is 1. The van der Waals surface area contributed by atoms with Gasteiger partial charge in [0.25, 0.3) is 0 Å². The van der Waals surface area contributed by atoms with E-state index in [1.807, 2.05) is 23.1 Å². The molecule has 0 aliphatic carbocycles. The van der Waals surface area contributed by atoms with Gasteiger partial charge in [-0.05, 0) is 64.4 Å². The molecule has 1 N–H and O–H groups in total. The molecule has 28 heavy (non-hydrogen) atoms. The number of halogens is 2. The molecule has 0 bridgehead atoms. The molecule has 2 saturated heterocycles. The van der Waals surface area contributed by atoms with Crippen molar-refractivity contribution in [2.75, 3.05) is 46.4 Å². The van der Waals surface area contributed by atoms with E-state index in [1.54, 1.807) is 0 Å². The van der Waals surface area contributed by atoms with E-state index in [4.69, 9.17) is 4.74 Å². The number of benzene rings is 1. The van der Waals surface area contributed by atoms with Crippen molar-refractivity contribution in [1.29, 1.82) is 0 Å². The summed E-state index contributed by atoms with van der Waals surface area (Å²) in [6.45, 7) is 7.14. The lowest BCUT2D eigenvalue weighted by molar-refractivity contribution is -0.134. The molecule has 2 aliphatic heterocycles. The molecular weight excluding hydrogens is 397 g/mol. The Morgan fingerprint density at radius 3 is 2.64 bits per heavy atom. The van der Waals surface area contributed by atoms with E-state index in [9.17, 15) is 4.79 Å². The number of likely N-dealkylation sites (N-methyl/N-ethyl adjacent to an activating group) is 1. The van der Waals surface area contributed by atoms with Gasteiger partial charge >= 0.3 is 0 Å². The number of carbonyl (C=O) groups excluding carboxylic acids is 1. The number of aryl methyl sites for hydroxylation is 1. The number of para-hydroxylation sites is 1. The summed E-state index contributed by atoms with van der Waals surface area (Å²) in [6, 6.07) is 8.67. The van der Waals surface area contributed by atoms with Crippen molar-refractivity contribution in [2.45, 2.75) is 38.6 Å². The third-order valence-corrected chi connectivity index (χ3v) is 5.76. The number of likely N-dealkylation sites (tertiary alicyclic amines) is 1. The minimum atomic E-state index is 0. The molecule has 1 amide bonds. The van der Waals surface area contributed by atoms with Gasteiger partial charge in [0.15, 0.2) is 0 Å². The number of rotatable bonds is 6. The van der Waals surface area contributed by atoms with Crippen molar-refractivity contribution < 1.29 is 9.53 Å². The van der Waals surface area contributed by atoms with Crippen LogP contribution in [0.3, 0.4) is 0 Å². The second-order valence-corrected chi connectivity index (χ2v) is 7.82. The molecule has 0 radical (unpaired) electrons. The average molecular weight is 432 g/mol. The molecule has 1 unspecified atom stereocenters. The molecule has 0 aromatic heterocycles. The summed E-state index contributed by atoms with van der Waals surface area (Å²) in [5, 5.41) is 3.39. The number of nitrogens with one attached hydrogen (secondary N) is 1. The Labute approximate surface area is 182 Å². The lowest BCUT2D eigenvalue weighted by atomic mass is 9.98. The normalized spacial score (nSPS) is 20.2. The second kappa shape index (κ2) is 12.5. The van der Waals surface area contributed by atoms with Gasteiger partial charge < -0.3 is 15.0 Å². The quantitative estimate of drug-likeness (QED) is 0.750. The van der Waals surface area contributed by atoms with Gasteiger partial charge in [0.05, 0.1) is 13.2 Å². The van der Waals surface area contributed by atoms with Crippen molar-refractivity contribution in [1.82, 2.24) is 15.1 Å². The Kier molecular flexibility index (Phi) is 11.2. The largest absolute Gasteiger partial charge is 0.493 e. The van der Waals surface area contributed by atoms with Crippen molar-refractivity contribution in [3.05, 3.63) is 29.8 Å². The van der Waals surface area contributed by atoms with Gasteiger partial charge in [0.2, 0.25) is 5.91 Å². The fourth-order valence-electron chi connectivity index (χ4n) is 4.04. The molecule has 5 nitrogen and oxygen atoms in total.